The van der Waals surface area contributed by atoms with Crippen LogP contribution in [0.3, 0.4) is 0 Å². The molecule has 1 aromatic heterocycles. The third-order valence-corrected chi connectivity index (χ3v) is 3.70. The molecule has 3 nitrogen and oxygen atoms in total. The van der Waals surface area contributed by atoms with Gasteiger partial charge < -0.3 is 9.73 Å². The van der Waals surface area contributed by atoms with Gasteiger partial charge in [0.1, 0.15) is 5.76 Å². The van der Waals surface area contributed by atoms with Gasteiger partial charge in [0, 0.05) is 0 Å². The zero-order valence-electron chi connectivity index (χ0n) is 11.0. The molecule has 1 unspecified atom stereocenters. The van der Waals surface area contributed by atoms with Gasteiger partial charge in [0.05, 0.1) is 12.2 Å². The first-order valence-corrected chi connectivity index (χ1v) is 6.91. The normalized spacial score (nSPS) is 20.1. The summed E-state index contributed by atoms with van der Waals surface area (Å²) in [5.74, 6) is 2.55. The highest BCUT2D eigenvalue weighted by molar-refractivity contribution is 4.95. The van der Waals surface area contributed by atoms with Crippen LogP contribution in [0, 0.1) is 12.8 Å². The van der Waals surface area contributed by atoms with E-state index in [1.807, 2.05) is 6.92 Å². The Bertz CT molecular complexity index is 327. The van der Waals surface area contributed by atoms with Crippen LogP contribution in [0.4, 0.5) is 0 Å². The van der Waals surface area contributed by atoms with Gasteiger partial charge in [-0.25, -0.2) is 4.98 Å². The van der Waals surface area contributed by atoms with Crippen LogP contribution in [0.1, 0.15) is 63.1 Å². The first-order valence-electron chi connectivity index (χ1n) is 6.91. The zero-order chi connectivity index (χ0) is 12.1. The second kappa shape index (κ2) is 6.20. The van der Waals surface area contributed by atoms with Crippen LogP contribution >= 0.6 is 0 Å². The summed E-state index contributed by atoms with van der Waals surface area (Å²) < 4.78 is 5.54. The molecular formula is C14H24N2O. The van der Waals surface area contributed by atoms with Crippen LogP contribution in [0.25, 0.3) is 0 Å². The van der Waals surface area contributed by atoms with Gasteiger partial charge in [-0.1, -0.05) is 25.7 Å². The molecule has 0 amide bonds. The number of aromatic nitrogens is 1. The second-order valence-corrected chi connectivity index (χ2v) is 5.30. The van der Waals surface area contributed by atoms with Crippen molar-refractivity contribution in [3.63, 3.8) is 0 Å². The summed E-state index contributed by atoms with van der Waals surface area (Å²) in [5, 5.41) is 3.55. The maximum atomic E-state index is 5.54. The molecule has 1 atom stereocenters. The molecule has 1 fully saturated rings. The topological polar surface area (TPSA) is 38.1 Å². The minimum absolute atomic E-state index is 0.229. The van der Waals surface area contributed by atoms with Crippen molar-refractivity contribution in [2.75, 3.05) is 6.54 Å². The van der Waals surface area contributed by atoms with Gasteiger partial charge in [0.25, 0.3) is 0 Å². The molecule has 1 heterocycles. The summed E-state index contributed by atoms with van der Waals surface area (Å²) in [6.07, 6.45) is 10.2. The van der Waals surface area contributed by atoms with E-state index in [2.05, 4.69) is 17.2 Å². The summed E-state index contributed by atoms with van der Waals surface area (Å²) in [7, 11) is 0. The number of rotatable bonds is 4. The van der Waals surface area contributed by atoms with Crippen LogP contribution in [0.2, 0.25) is 0 Å². The van der Waals surface area contributed by atoms with Crippen LogP contribution in [-0.4, -0.2) is 11.5 Å². The molecule has 0 bridgehead atoms. The SMILES string of the molecule is Cc1cnc(C(C)NCC2CCCCCC2)o1. The molecule has 0 radical (unpaired) electrons. The largest absolute Gasteiger partial charge is 0.444 e. The molecule has 3 heteroatoms. The number of aryl methyl sites for hydroxylation is 1. The van der Waals surface area contributed by atoms with Crippen molar-refractivity contribution < 1.29 is 4.42 Å². The van der Waals surface area contributed by atoms with E-state index in [4.69, 9.17) is 4.42 Å². The smallest absolute Gasteiger partial charge is 0.211 e. The average molecular weight is 236 g/mol. The van der Waals surface area contributed by atoms with E-state index in [-0.39, 0.29) is 6.04 Å². The van der Waals surface area contributed by atoms with Crippen molar-refractivity contribution in [3.05, 3.63) is 17.8 Å². The lowest BCUT2D eigenvalue weighted by atomic mass is 10.0. The lowest BCUT2D eigenvalue weighted by Gasteiger charge is -2.17. The predicted octanol–water partition coefficient (Wildman–Crippen LogP) is 3.60. The van der Waals surface area contributed by atoms with Crippen LogP contribution < -0.4 is 5.32 Å². The van der Waals surface area contributed by atoms with Crippen molar-refractivity contribution in [2.24, 2.45) is 5.92 Å². The Morgan fingerprint density at radius 1 is 1.35 bits per heavy atom. The van der Waals surface area contributed by atoms with Crippen molar-refractivity contribution >= 4 is 0 Å². The van der Waals surface area contributed by atoms with E-state index >= 15 is 0 Å². The maximum absolute atomic E-state index is 5.54. The summed E-state index contributed by atoms with van der Waals surface area (Å²) in [4.78, 5) is 4.27. The van der Waals surface area contributed by atoms with E-state index in [0.29, 0.717) is 0 Å². The number of nitrogens with one attached hydrogen (secondary N) is 1. The second-order valence-electron chi connectivity index (χ2n) is 5.30. The Morgan fingerprint density at radius 3 is 2.65 bits per heavy atom. The van der Waals surface area contributed by atoms with Crippen molar-refractivity contribution in [2.45, 2.75) is 58.4 Å². The Hall–Kier alpha value is -0.830. The Labute approximate surface area is 104 Å². The molecular weight excluding hydrogens is 212 g/mol. The van der Waals surface area contributed by atoms with E-state index < -0.39 is 0 Å². The molecule has 1 aromatic rings. The lowest BCUT2D eigenvalue weighted by molar-refractivity contribution is 0.359. The van der Waals surface area contributed by atoms with Gasteiger partial charge in [0.15, 0.2) is 0 Å². The van der Waals surface area contributed by atoms with Gasteiger partial charge in [-0.15, -0.1) is 0 Å². The van der Waals surface area contributed by atoms with Gasteiger partial charge in [-0.2, -0.15) is 0 Å². The van der Waals surface area contributed by atoms with E-state index in [1.54, 1.807) is 6.20 Å². The first kappa shape index (κ1) is 12.6. The highest BCUT2D eigenvalue weighted by Crippen LogP contribution is 2.23. The Morgan fingerprint density at radius 2 is 2.06 bits per heavy atom. The number of oxazole rings is 1. The minimum atomic E-state index is 0.229. The molecule has 1 aliphatic rings. The fourth-order valence-corrected chi connectivity index (χ4v) is 2.57. The third-order valence-electron chi connectivity index (χ3n) is 3.70. The van der Waals surface area contributed by atoms with Gasteiger partial charge in [-0.3, -0.25) is 0 Å². The van der Waals surface area contributed by atoms with Crippen molar-refractivity contribution in [1.82, 2.24) is 10.3 Å². The van der Waals surface area contributed by atoms with Gasteiger partial charge in [-0.05, 0) is 39.2 Å². The molecule has 1 aliphatic carbocycles. The highest BCUT2D eigenvalue weighted by Gasteiger charge is 2.15. The monoisotopic (exact) mass is 236 g/mol. The molecule has 0 spiro atoms. The summed E-state index contributed by atoms with van der Waals surface area (Å²) in [6, 6.07) is 0.229. The van der Waals surface area contributed by atoms with Crippen LogP contribution in [0.15, 0.2) is 10.6 Å². The summed E-state index contributed by atoms with van der Waals surface area (Å²) in [6.45, 7) is 5.17. The standard InChI is InChI=1S/C14H24N2O/c1-11-9-16-14(17-11)12(2)15-10-13-7-5-3-4-6-8-13/h9,12-13,15H,3-8,10H2,1-2H3. The fourth-order valence-electron chi connectivity index (χ4n) is 2.57. The molecule has 2 rings (SSSR count). The third kappa shape index (κ3) is 3.84. The highest BCUT2D eigenvalue weighted by atomic mass is 16.4. The van der Waals surface area contributed by atoms with Crippen molar-refractivity contribution in [1.29, 1.82) is 0 Å². The predicted molar refractivity (Wildman–Crippen MR) is 68.8 cm³/mol. The van der Waals surface area contributed by atoms with Crippen LogP contribution in [-0.2, 0) is 0 Å². The molecule has 1 N–H and O–H groups in total. The quantitative estimate of drug-likeness (QED) is 0.812. The molecule has 1 saturated carbocycles. The molecule has 0 aliphatic heterocycles. The molecule has 96 valence electrons. The Balaban J connectivity index is 1.77. The van der Waals surface area contributed by atoms with Crippen LogP contribution in [0.5, 0.6) is 0 Å². The average Bonchev–Trinajstić information content (AvgIpc) is 2.61. The molecule has 0 aromatic carbocycles. The molecule has 17 heavy (non-hydrogen) atoms. The summed E-state index contributed by atoms with van der Waals surface area (Å²) >= 11 is 0. The van der Waals surface area contributed by atoms with E-state index in [9.17, 15) is 0 Å². The summed E-state index contributed by atoms with van der Waals surface area (Å²) in [5.41, 5.74) is 0. The number of hydrogen-bond donors (Lipinski definition) is 1. The maximum Gasteiger partial charge on any atom is 0.211 e. The first-order chi connectivity index (χ1) is 8.25. The van der Waals surface area contributed by atoms with Gasteiger partial charge >= 0.3 is 0 Å². The number of hydrogen-bond acceptors (Lipinski definition) is 3. The van der Waals surface area contributed by atoms with E-state index in [1.165, 1.54) is 38.5 Å². The van der Waals surface area contributed by atoms with Crippen molar-refractivity contribution in [3.8, 4) is 0 Å². The van der Waals surface area contributed by atoms with Gasteiger partial charge in [0.2, 0.25) is 5.89 Å². The number of nitrogens with zero attached hydrogens (tertiary/aromatic N) is 1. The molecule has 0 saturated heterocycles. The Kier molecular flexibility index (Phi) is 4.60. The zero-order valence-corrected chi connectivity index (χ0v) is 11.0. The lowest BCUT2D eigenvalue weighted by Crippen LogP contribution is -2.25. The minimum Gasteiger partial charge on any atom is -0.444 e. The fraction of sp³-hybridized carbons (Fsp3) is 0.786. The van der Waals surface area contributed by atoms with E-state index in [0.717, 1.165) is 24.1 Å².